The molecule has 5 heteroatoms. The van der Waals surface area contributed by atoms with Gasteiger partial charge in [-0.3, -0.25) is 4.79 Å². The van der Waals surface area contributed by atoms with Crippen molar-refractivity contribution >= 4 is 5.97 Å². The molecule has 116 valence electrons. The van der Waals surface area contributed by atoms with Gasteiger partial charge < -0.3 is 19.3 Å². The highest BCUT2D eigenvalue weighted by atomic mass is 16.5. The van der Waals surface area contributed by atoms with Crippen LogP contribution in [0.3, 0.4) is 0 Å². The van der Waals surface area contributed by atoms with Crippen molar-refractivity contribution in [3.8, 4) is 11.5 Å². The Labute approximate surface area is 124 Å². The van der Waals surface area contributed by atoms with E-state index in [1.165, 1.54) is 0 Å². The maximum atomic E-state index is 11.1. The number of carboxylic acid groups (broad SMARTS) is 1. The third-order valence-corrected chi connectivity index (χ3v) is 3.63. The molecule has 2 atom stereocenters. The van der Waals surface area contributed by atoms with Crippen LogP contribution in [0.5, 0.6) is 11.5 Å². The Morgan fingerprint density at radius 2 is 2.33 bits per heavy atom. The summed E-state index contributed by atoms with van der Waals surface area (Å²) in [5.74, 6) is -0.00825. The highest BCUT2D eigenvalue weighted by molar-refractivity contribution is 5.70. The average molecular weight is 294 g/mol. The minimum absolute atomic E-state index is 0.00562. The summed E-state index contributed by atoms with van der Waals surface area (Å²) in [7, 11) is 1.59. The van der Waals surface area contributed by atoms with Gasteiger partial charge in [0.05, 0.1) is 19.6 Å². The van der Waals surface area contributed by atoms with Crippen molar-refractivity contribution in [2.75, 3.05) is 20.3 Å². The maximum Gasteiger partial charge on any atom is 0.306 e. The van der Waals surface area contributed by atoms with Gasteiger partial charge in [0.25, 0.3) is 0 Å². The van der Waals surface area contributed by atoms with Crippen molar-refractivity contribution in [1.82, 2.24) is 0 Å². The number of carbonyl (C=O) groups is 1. The molecule has 0 radical (unpaired) electrons. The number of ether oxygens (including phenoxy) is 3. The largest absolute Gasteiger partial charge is 0.493 e. The van der Waals surface area contributed by atoms with Gasteiger partial charge in [0, 0.05) is 6.61 Å². The van der Waals surface area contributed by atoms with E-state index in [-0.39, 0.29) is 6.10 Å². The molecule has 5 nitrogen and oxygen atoms in total. The Hall–Kier alpha value is -1.75. The minimum atomic E-state index is -0.815. The summed E-state index contributed by atoms with van der Waals surface area (Å²) in [5, 5.41) is 9.09. The lowest BCUT2D eigenvalue weighted by Gasteiger charge is -2.26. The molecule has 1 aliphatic heterocycles. The molecule has 0 spiro atoms. The van der Waals surface area contributed by atoms with Crippen molar-refractivity contribution in [2.45, 2.75) is 32.3 Å². The standard InChI is InChI=1S/C16H22O5/c1-11(16(17)18)9-12-5-3-7-14(19-2)15(12)21-13-6-4-8-20-10-13/h3,5,7,11,13H,4,6,8-10H2,1-2H3,(H,17,18). The first-order valence-corrected chi connectivity index (χ1v) is 7.25. The van der Waals surface area contributed by atoms with E-state index in [9.17, 15) is 4.79 Å². The SMILES string of the molecule is COc1cccc(CC(C)C(=O)O)c1OC1CCCOC1. The lowest BCUT2D eigenvalue weighted by molar-refractivity contribution is -0.141. The molecule has 1 fully saturated rings. The van der Waals surface area contributed by atoms with Crippen LogP contribution in [0.2, 0.25) is 0 Å². The average Bonchev–Trinajstić information content (AvgIpc) is 2.49. The van der Waals surface area contributed by atoms with E-state index in [2.05, 4.69) is 0 Å². The third kappa shape index (κ3) is 4.11. The van der Waals surface area contributed by atoms with E-state index >= 15 is 0 Å². The van der Waals surface area contributed by atoms with Crippen LogP contribution >= 0.6 is 0 Å². The van der Waals surface area contributed by atoms with Crippen LogP contribution in [-0.4, -0.2) is 37.5 Å². The second-order valence-electron chi connectivity index (χ2n) is 5.35. The van der Waals surface area contributed by atoms with Crippen LogP contribution in [0.25, 0.3) is 0 Å². The molecule has 1 aliphatic rings. The van der Waals surface area contributed by atoms with Crippen LogP contribution in [0.15, 0.2) is 18.2 Å². The molecule has 2 rings (SSSR count). The van der Waals surface area contributed by atoms with E-state index in [1.54, 1.807) is 14.0 Å². The van der Waals surface area contributed by atoms with E-state index in [1.807, 2.05) is 18.2 Å². The van der Waals surface area contributed by atoms with Crippen molar-refractivity contribution in [1.29, 1.82) is 0 Å². The molecule has 1 heterocycles. The fraction of sp³-hybridized carbons (Fsp3) is 0.562. The minimum Gasteiger partial charge on any atom is -0.493 e. The number of hydrogen-bond donors (Lipinski definition) is 1. The zero-order chi connectivity index (χ0) is 15.2. The molecule has 1 aromatic carbocycles. The third-order valence-electron chi connectivity index (χ3n) is 3.63. The fourth-order valence-corrected chi connectivity index (χ4v) is 2.40. The van der Waals surface area contributed by atoms with Gasteiger partial charge in [0.2, 0.25) is 0 Å². The van der Waals surface area contributed by atoms with Crippen molar-refractivity contribution in [2.24, 2.45) is 5.92 Å². The van der Waals surface area contributed by atoms with Crippen LogP contribution in [-0.2, 0) is 16.0 Å². The zero-order valence-electron chi connectivity index (χ0n) is 12.5. The maximum absolute atomic E-state index is 11.1. The quantitative estimate of drug-likeness (QED) is 0.873. The summed E-state index contributed by atoms with van der Waals surface area (Å²) in [5.41, 5.74) is 0.856. The first-order chi connectivity index (χ1) is 10.1. The summed E-state index contributed by atoms with van der Waals surface area (Å²) < 4.78 is 16.8. The zero-order valence-corrected chi connectivity index (χ0v) is 12.5. The Kier molecular flexibility index (Phi) is 5.44. The molecular formula is C16H22O5. The van der Waals surface area contributed by atoms with Crippen LogP contribution < -0.4 is 9.47 Å². The van der Waals surface area contributed by atoms with Gasteiger partial charge in [0.1, 0.15) is 6.10 Å². The molecule has 0 saturated carbocycles. The number of carboxylic acids is 1. The molecule has 21 heavy (non-hydrogen) atoms. The van der Waals surface area contributed by atoms with Gasteiger partial charge in [0.15, 0.2) is 11.5 Å². The van der Waals surface area contributed by atoms with E-state index in [4.69, 9.17) is 19.3 Å². The van der Waals surface area contributed by atoms with Crippen LogP contribution in [0.4, 0.5) is 0 Å². The van der Waals surface area contributed by atoms with E-state index in [0.29, 0.717) is 24.5 Å². The molecule has 2 unspecified atom stereocenters. The van der Waals surface area contributed by atoms with Crippen molar-refractivity contribution < 1.29 is 24.1 Å². The van der Waals surface area contributed by atoms with Gasteiger partial charge in [-0.25, -0.2) is 0 Å². The fourth-order valence-electron chi connectivity index (χ4n) is 2.40. The summed E-state index contributed by atoms with van der Waals surface area (Å²) in [4.78, 5) is 11.1. The summed E-state index contributed by atoms with van der Waals surface area (Å²) >= 11 is 0. The van der Waals surface area contributed by atoms with Gasteiger partial charge in [-0.1, -0.05) is 19.1 Å². The molecule has 0 bridgehead atoms. The number of aliphatic carboxylic acids is 1. The topological polar surface area (TPSA) is 65.0 Å². The number of rotatable bonds is 6. The Morgan fingerprint density at radius 1 is 1.52 bits per heavy atom. The van der Waals surface area contributed by atoms with E-state index in [0.717, 1.165) is 25.0 Å². The second kappa shape index (κ2) is 7.31. The summed E-state index contributed by atoms with van der Waals surface area (Å²) in [6, 6.07) is 5.57. The monoisotopic (exact) mass is 294 g/mol. The lowest BCUT2D eigenvalue weighted by atomic mass is 10.00. The number of methoxy groups -OCH3 is 1. The van der Waals surface area contributed by atoms with Crippen LogP contribution in [0, 0.1) is 5.92 Å². The molecule has 1 N–H and O–H groups in total. The molecule has 0 aliphatic carbocycles. The second-order valence-corrected chi connectivity index (χ2v) is 5.35. The molecule has 1 aromatic rings. The first-order valence-electron chi connectivity index (χ1n) is 7.25. The molecule has 0 aromatic heterocycles. The number of para-hydroxylation sites is 1. The predicted molar refractivity (Wildman–Crippen MR) is 78.0 cm³/mol. The van der Waals surface area contributed by atoms with E-state index < -0.39 is 11.9 Å². The van der Waals surface area contributed by atoms with Gasteiger partial charge in [-0.2, -0.15) is 0 Å². The molecule has 0 amide bonds. The summed E-state index contributed by atoms with van der Waals surface area (Å²) in [6.45, 7) is 3.02. The number of benzene rings is 1. The normalized spacial score (nSPS) is 19.8. The highest BCUT2D eigenvalue weighted by Gasteiger charge is 2.22. The van der Waals surface area contributed by atoms with Crippen LogP contribution in [0.1, 0.15) is 25.3 Å². The molecular weight excluding hydrogens is 272 g/mol. The summed E-state index contributed by atoms with van der Waals surface area (Å²) in [6.07, 6.45) is 2.32. The number of hydrogen-bond acceptors (Lipinski definition) is 4. The lowest BCUT2D eigenvalue weighted by Crippen LogP contribution is -2.28. The van der Waals surface area contributed by atoms with Gasteiger partial charge in [-0.15, -0.1) is 0 Å². The Bertz CT molecular complexity index is 480. The van der Waals surface area contributed by atoms with Crippen molar-refractivity contribution in [3.63, 3.8) is 0 Å². The Morgan fingerprint density at radius 3 is 2.95 bits per heavy atom. The van der Waals surface area contributed by atoms with Crippen molar-refractivity contribution in [3.05, 3.63) is 23.8 Å². The highest BCUT2D eigenvalue weighted by Crippen LogP contribution is 2.34. The first kappa shape index (κ1) is 15.6. The molecule has 1 saturated heterocycles. The smallest absolute Gasteiger partial charge is 0.306 e. The van der Waals surface area contributed by atoms with Gasteiger partial charge >= 0.3 is 5.97 Å². The van der Waals surface area contributed by atoms with Gasteiger partial charge in [-0.05, 0) is 30.9 Å². The predicted octanol–water partition coefficient (Wildman–Crippen LogP) is 2.52. The Balaban J connectivity index is 2.20.